The molecule has 3 rings (SSSR count). The van der Waals surface area contributed by atoms with E-state index in [9.17, 15) is 9.59 Å². The molecule has 0 aliphatic heterocycles. The fourth-order valence-electron chi connectivity index (χ4n) is 4.25. The molecule has 0 bridgehead atoms. The van der Waals surface area contributed by atoms with Crippen LogP contribution in [0.3, 0.4) is 0 Å². The van der Waals surface area contributed by atoms with Crippen molar-refractivity contribution < 1.29 is 28.5 Å². The molecule has 0 amide bonds. The molecule has 0 spiro atoms. The Bertz CT molecular complexity index is 1160. The molecular formula is C30H33BrClNO6. The van der Waals surface area contributed by atoms with Crippen LogP contribution < -0.4 is 14.4 Å². The molecule has 0 saturated heterocycles. The van der Waals surface area contributed by atoms with Gasteiger partial charge in [0.05, 0.1) is 28.4 Å². The molecule has 0 N–H and O–H groups in total. The summed E-state index contributed by atoms with van der Waals surface area (Å²) in [7, 11) is 5.82. The minimum atomic E-state index is -0.957. The molecule has 3 aromatic carbocycles. The third kappa shape index (κ3) is 8.38. The Balaban J connectivity index is 1.83. The number of methoxy groups -OCH3 is 4. The summed E-state index contributed by atoms with van der Waals surface area (Å²) in [6, 6.07) is 20.0. The lowest BCUT2D eigenvalue weighted by Crippen LogP contribution is -2.26. The van der Waals surface area contributed by atoms with Gasteiger partial charge in [-0.25, -0.2) is 0 Å². The van der Waals surface area contributed by atoms with E-state index in [1.54, 1.807) is 14.2 Å². The van der Waals surface area contributed by atoms with Crippen molar-refractivity contribution in [3.63, 3.8) is 0 Å². The molecule has 7 nitrogen and oxygen atoms in total. The fourth-order valence-corrected chi connectivity index (χ4v) is 5.32. The van der Waals surface area contributed by atoms with Crippen molar-refractivity contribution in [2.45, 2.75) is 32.4 Å². The van der Waals surface area contributed by atoms with Gasteiger partial charge >= 0.3 is 11.9 Å². The van der Waals surface area contributed by atoms with Crippen LogP contribution in [-0.2, 0) is 38.6 Å². The first kappa shape index (κ1) is 30.3. The summed E-state index contributed by atoms with van der Waals surface area (Å²) in [4.78, 5) is 26.2. The summed E-state index contributed by atoms with van der Waals surface area (Å²) >= 11 is 10.5. The maximum absolute atomic E-state index is 12.0. The lowest BCUT2D eigenvalue weighted by atomic mass is 9.99. The minimum absolute atomic E-state index is 0.297. The zero-order valence-corrected chi connectivity index (χ0v) is 24.9. The van der Waals surface area contributed by atoms with E-state index in [-0.39, 0.29) is 0 Å². The van der Waals surface area contributed by atoms with Crippen molar-refractivity contribution in [1.82, 2.24) is 0 Å². The minimum Gasteiger partial charge on any atom is -0.497 e. The first-order chi connectivity index (χ1) is 18.8. The zero-order valence-electron chi connectivity index (χ0n) is 22.5. The van der Waals surface area contributed by atoms with Gasteiger partial charge in [0.1, 0.15) is 11.5 Å². The molecule has 0 aliphatic rings. The number of halogens is 2. The molecule has 0 aliphatic carbocycles. The number of hydrogen-bond acceptors (Lipinski definition) is 7. The van der Waals surface area contributed by atoms with Gasteiger partial charge in [-0.2, -0.15) is 0 Å². The average Bonchev–Trinajstić information content (AvgIpc) is 2.96. The predicted molar refractivity (Wildman–Crippen MR) is 155 cm³/mol. The van der Waals surface area contributed by atoms with E-state index in [4.69, 9.17) is 30.5 Å². The van der Waals surface area contributed by atoms with Gasteiger partial charge in [0.2, 0.25) is 0 Å². The molecule has 39 heavy (non-hydrogen) atoms. The summed E-state index contributed by atoms with van der Waals surface area (Å²) in [5.74, 6) is -0.555. The SMILES string of the molecule is COC(=O)C(CCCc1c(Cl)cc(N(Cc2ccc(OC)cc2)Cc2ccc(OC)cc2)cc1Br)C(=O)OC. The molecule has 208 valence electrons. The number of rotatable bonds is 13. The van der Waals surface area contributed by atoms with Crippen molar-refractivity contribution in [2.24, 2.45) is 5.92 Å². The second kappa shape index (κ2) is 14.8. The van der Waals surface area contributed by atoms with E-state index in [0.29, 0.717) is 37.4 Å². The van der Waals surface area contributed by atoms with Gasteiger partial charge in [0, 0.05) is 28.3 Å². The third-order valence-corrected chi connectivity index (χ3v) is 7.49. The highest BCUT2D eigenvalue weighted by Crippen LogP contribution is 2.34. The van der Waals surface area contributed by atoms with Crippen LogP contribution in [0, 0.1) is 5.92 Å². The second-order valence-corrected chi connectivity index (χ2v) is 10.2. The van der Waals surface area contributed by atoms with Crippen LogP contribution in [0.2, 0.25) is 5.02 Å². The molecule has 9 heteroatoms. The lowest BCUT2D eigenvalue weighted by molar-refractivity contribution is -0.159. The van der Waals surface area contributed by atoms with Crippen molar-refractivity contribution in [3.05, 3.63) is 86.8 Å². The van der Waals surface area contributed by atoms with Crippen molar-refractivity contribution in [2.75, 3.05) is 33.3 Å². The number of carbonyl (C=O) groups is 2. The summed E-state index contributed by atoms with van der Waals surface area (Å²) in [6.45, 7) is 1.30. The summed E-state index contributed by atoms with van der Waals surface area (Å²) in [5.41, 5.74) is 4.10. The molecule has 0 unspecified atom stereocenters. The average molecular weight is 619 g/mol. The third-order valence-electron chi connectivity index (χ3n) is 6.45. The van der Waals surface area contributed by atoms with Crippen LogP contribution in [-0.4, -0.2) is 40.4 Å². The van der Waals surface area contributed by atoms with E-state index in [1.165, 1.54) is 14.2 Å². The Labute approximate surface area is 243 Å². The summed E-state index contributed by atoms with van der Waals surface area (Å²) < 4.78 is 21.0. The van der Waals surface area contributed by atoms with Crippen LogP contribution in [0.1, 0.15) is 29.5 Å². The van der Waals surface area contributed by atoms with Gasteiger partial charge in [-0.3, -0.25) is 9.59 Å². The van der Waals surface area contributed by atoms with Gasteiger partial charge in [-0.1, -0.05) is 51.8 Å². The summed E-state index contributed by atoms with van der Waals surface area (Å²) in [5, 5.41) is 0.599. The smallest absolute Gasteiger partial charge is 0.320 e. The molecular weight excluding hydrogens is 586 g/mol. The molecule has 0 aromatic heterocycles. The Kier molecular flexibility index (Phi) is 11.5. The maximum atomic E-state index is 12.0. The monoisotopic (exact) mass is 617 g/mol. The fraction of sp³-hybridized carbons (Fsp3) is 0.333. The Morgan fingerprint density at radius 1 is 0.821 bits per heavy atom. The first-order valence-electron chi connectivity index (χ1n) is 12.4. The topological polar surface area (TPSA) is 74.3 Å². The molecule has 0 fully saturated rings. The Hall–Kier alpha value is -3.23. The normalized spacial score (nSPS) is 10.7. The summed E-state index contributed by atoms with van der Waals surface area (Å²) in [6.07, 6.45) is 1.42. The van der Waals surface area contributed by atoms with Gasteiger partial charge in [-0.05, 0) is 72.4 Å². The van der Waals surface area contributed by atoms with Crippen LogP contribution >= 0.6 is 27.5 Å². The van der Waals surface area contributed by atoms with E-state index in [1.807, 2.05) is 60.7 Å². The van der Waals surface area contributed by atoms with E-state index in [0.717, 1.165) is 38.3 Å². The van der Waals surface area contributed by atoms with Crippen LogP contribution in [0.15, 0.2) is 65.1 Å². The molecule has 3 aromatic rings. The predicted octanol–water partition coefficient (Wildman–Crippen LogP) is 6.61. The first-order valence-corrected chi connectivity index (χ1v) is 13.6. The molecule has 0 saturated carbocycles. The molecule has 0 radical (unpaired) electrons. The van der Waals surface area contributed by atoms with Crippen LogP contribution in [0.5, 0.6) is 11.5 Å². The lowest BCUT2D eigenvalue weighted by Gasteiger charge is -2.27. The van der Waals surface area contributed by atoms with Crippen LogP contribution in [0.4, 0.5) is 5.69 Å². The van der Waals surface area contributed by atoms with Crippen molar-refractivity contribution in [1.29, 1.82) is 0 Å². The standard InChI is InChI=1S/C30H33BrClNO6/c1-36-23-12-8-20(9-13-23)18-33(19-21-10-14-24(37-2)15-11-21)22-16-27(31)25(28(32)17-22)6-5-7-26(29(34)38-3)30(35)39-4/h8-17,26H,5-7,18-19H2,1-4H3. The Morgan fingerprint density at radius 2 is 1.31 bits per heavy atom. The Morgan fingerprint density at radius 3 is 1.72 bits per heavy atom. The van der Waals surface area contributed by atoms with Gasteiger partial charge in [0.25, 0.3) is 0 Å². The number of ether oxygens (including phenoxy) is 4. The number of benzene rings is 3. The molecule has 0 heterocycles. The molecule has 0 atom stereocenters. The zero-order chi connectivity index (χ0) is 28.4. The highest BCUT2D eigenvalue weighted by atomic mass is 79.9. The van der Waals surface area contributed by atoms with Crippen LogP contribution in [0.25, 0.3) is 0 Å². The van der Waals surface area contributed by atoms with Crippen molar-refractivity contribution in [3.8, 4) is 11.5 Å². The number of anilines is 1. The van der Waals surface area contributed by atoms with E-state index < -0.39 is 17.9 Å². The second-order valence-electron chi connectivity index (χ2n) is 8.93. The van der Waals surface area contributed by atoms with E-state index in [2.05, 4.69) is 20.8 Å². The van der Waals surface area contributed by atoms with Gasteiger partial charge in [0.15, 0.2) is 5.92 Å². The quantitative estimate of drug-likeness (QED) is 0.158. The number of esters is 2. The van der Waals surface area contributed by atoms with E-state index >= 15 is 0 Å². The van der Waals surface area contributed by atoms with Gasteiger partial charge < -0.3 is 23.8 Å². The van der Waals surface area contributed by atoms with Gasteiger partial charge in [-0.15, -0.1) is 0 Å². The van der Waals surface area contributed by atoms with Crippen molar-refractivity contribution >= 4 is 45.2 Å². The largest absolute Gasteiger partial charge is 0.497 e. The number of hydrogen-bond donors (Lipinski definition) is 0. The maximum Gasteiger partial charge on any atom is 0.320 e. The highest BCUT2D eigenvalue weighted by Gasteiger charge is 2.28. The highest BCUT2D eigenvalue weighted by molar-refractivity contribution is 9.10. The number of carbonyl (C=O) groups excluding carboxylic acids is 2. The number of nitrogens with zero attached hydrogens (tertiary/aromatic N) is 1.